The number of unbranched alkanes of at least 4 members (excludes halogenated alkanes) is 4. The number of hydrogen-bond acceptors (Lipinski definition) is 5. The lowest BCUT2D eigenvalue weighted by Gasteiger charge is -2.19. The van der Waals surface area contributed by atoms with Gasteiger partial charge >= 0.3 is 5.97 Å². The molecule has 0 amide bonds. The van der Waals surface area contributed by atoms with E-state index in [4.69, 9.17) is 4.74 Å². The van der Waals surface area contributed by atoms with E-state index in [0.29, 0.717) is 18.0 Å². The monoisotopic (exact) mass is 592 g/mol. The van der Waals surface area contributed by atoms with E-state index in [1.54, 1.807) is 24.5 Å². The van der Waals surface area contributed by atoms with E-state index in [-0.39, 0.29) is 24.0 Å². The molecule has 4 rings (SSSR count). The summed E-state index contributed by atoms with van der Waals surface area (Å²) in [6.07, 6.45) is 9.83. The fraction of sp³-hybridized carbons (Fsp3) is 0.368. The van der Waals surface area contributed by atoms with Gasteiger partial charge in [-0.25, -0.2) is 9.97 Å². The zero-order chi connectivity index (χ0) is 31.5. The topological polar surface area (TPSA) is 89.4 Å². The van der Waals surface area contributed by atoms with Gasteiger partial charge in [0.1, 0.15) is 5.75 Å². The molecule has 0 aliphatic carbocycles. The minimum absolute atomic E-state index is 0.0154. The third-order valence-electron chi connectivity index (χ3n) is 7.88. The van der Waals surface area contributed by atoms with E-state index >= 15 is 0 Å². The molecule has 4 aromatic rings. The van der Waals surface area contributed by atoms with E-state index in [9.17, 15) is 14.7 Å². The number of benzene rings is 3. The van der Waals surface area contributed by atoms with Crippen LogP contribution in [-0.4, -0.2) is 33.4 Å². The molecular weight excluding hydrogens is 548 g/mol. The second-order valence-corrected chi connectivity index (χ2v) is 12.5. The van der Waals surface area contributed by atoms with Crippen LogP contribution >= 0.6 is 0 Å². The molecule has 44 heavy (non-hydrogen) atoms. The third-order valence-corrected chi connectivity index (χ3v) is 7.88. The first kappa shape index (κ1) is 32.6. The highest BCUT2D eigenvalue weighted by molar-refractivity contribution is 5.98. The standard InChI is InChI=1S/C38H44N2O4/c1-5-6-7-8-9-21-44-34-12-10-11-30(23-34)32-25-39-36(40-26-32)29-15-13-27(14-16-29)22-31(37(42)43)24-35(41)28-17-19-33(20-18-28)38(2,3)4/h10-20,23,25-26,31H,5-9,21-22,24H2,1-4H3,(H,42,43)/t31-/m1/s1. The Balaban J connectivity index is 1.35. The van der Waals surface area contributed by atoms with Crippen molar-refractivity contribution >= 4 is 11.8 Å². The Kier molecular flexibility index (Phi) is 11.4. The lowest BCUT2D eigenvalue weighted by atomic mass is 9.86. The molecule has 230 valence electrons. The van der Waals surface area contributed by atoms with Crippen LogP contribution in [0.5, 0.6) is 5.75 Å². The molecule has 6 heteroatoms. The van der Waals surface area contributed by atoms with E-state index in [0.717, 1.165) is 40.0 Å². The Bertz CT molecular complexity index is 1500. The van der Waals surface area contributed by atoms with E-state index in [1.165, 1.54) is 25.7 Å². The molecule has 0 aliphatic rings. The van der Waals surface area contributed by atoms with Gasteiger partial charge in [-0.15, -0.1) is 0 Å². The van der Waals surface area contributed by atoms with Gasteiger partial charge in [0.2, 0.25) is 0 Å². The SMILES string of the molecule is CCCCCCCOc1cccc(-c2cnc(-c3ccc(C[C@H](CC(=O)c4ccc(C(C)(C)C)cc4)C(=O)O)cc3)nc2)c1. The highest BCUT2D eigenvalue weighted by Crippen LogP contribution is 2.26. The summed E-state index contributed by atoms with van der Waals surface area (Å²) in [6, 6.07) is 23.0. The number of hydrogen-bond donors (Lipinski definition) is 1. The minimum Gasteiger partial charge on any atom is -0.494 e. The highest BCUT2D eigenvalue weighted by Gasteiger charge is 2.23. The van der Waals surface area contributed by atoms with Crippen LogP contribution in [0.25, 0.3) is 22.5 Å². The number of carboxylic acids is 1. The average Bonchev–Trinajstić information content (AvgIpc) is 3.02. The Morgan fingerprint density at radius 3 is 2.14 bits per heavy atom. The maximum absolute atomic E-state index is 12.9. The number of nitrogens with zero attached hydrogens (tertiary/aromatic N) is 2. The van der Waals surface area contributed by atoms with Crippen molar-refractivity contribution < 1.29 is 19.4 Å². The predicted octanol–water partition coefficient (Wildman–Crippen LogP) is 8.97. The minimum atomic E-state index is -0.978. The Labute approximate surface area is 261 Å². The zero-order valence-corrected chi connectivity index (χ0v) is 26.4. The largest absolute Gasteiger partial charge is 0.494 e. The first-order chi connectivity index (χ1) is 21.1. The number of rotatable bonds is 15. The van der Waals surface area contributed by atoms with Crippen molar-refractivity contribution in [1.29, 1.82) is 0 Å². The molecule has 1 heterocycles. The average molecular weight is 593 g/mol. The second kappa shape index (κ2) is 15.4. The summed E-state index contributed by atoms with van der Waals surface area (Å²) < 4.78 is 5.96. The summed E-state index contributed by atoms with van der Waals surface area (Å²) in [5, 5.41) is 9.85. The maximum Gasteiger partial charge on any atom is 0.307 e. The number of ketones is 1. The molecule has 0 unspecified atom stereocenters. The van der Waals surface area contributed by atoms with E-state index in [1.807, 2.05) is 60.7 Å². The summed E-state index contributed by atoms with van der Waals surface area (Å²) in [5.41, 5.74) is 5.23. The quantitative estimate of drug-likeness (QED) is 0.109. The fourth-order valence-corrected chi connectivity index (χ4v) is 5.11. The summed E-state index contributed by atoms with van der Waals surface area (Å²) in [5.74, 6) is -0.524. The highest BCUT2D eigenvalue weighted by atomic mass is 16.5. The van der Waals surface area contributed by atoms with Gasteiger partial charge in [0.15, 0.2) is 11.6 Å². The first-order valence-corrected chi connectivity index (χ1v) is 15.6. The summed E-state index contributed by atoms with van der Waals surface area (Å²) >= 11 is 0. The number of Topliss-reactive ketones (excluding diaryl/α,β-unsaturated/α-hetero) is 1. The van der Waals surface area contributed by atoms with E-state index < -0.39 is 11.9 Å². The molecule has 3 aromatic carbocycles. The van der Waals surface area contributed by atoms with Gasteiger partial charge in [0.05, 0.1) is 12.5 Å². The molecule has 1 atom stereocenters. The molecule has 0 saturated heterocycles. The van der Waals surface area contributed by atoms with Crippen molar-refractivity contribution in [2.24, 2.45) is 5.92 Å². The second-order valence-electron chi connectivity index (χ2n) is 12.5. The van der Waals surface area contributed by atoms with Gasteiger partial charge < -0.3 is 9.84 Å². The number of aliphatic carboxylic acids is 1. The molecule has 0 fully saturated rings. The van der Waals surface area contributed by atoms with Gasteiger partial charge in [-0.05, 0) is 47.1 Å². The molecule has 1 N–H and O–H groups in total. The Morgan fingerprint density at radius 2 is 1.50 bits per heavy atom. The van der Waals surface area contributed by atoms with Crippen LogP contribution in [0, 0.1) is 5.92 Å². The summed E-state index contributed by atoms with van der Waals surface area (Å²) in [6.45, 7) is 9.28. The maximum atomic E-state index is 12.9. The fourth-order valence-electron chi connectivity index (χ4n) is 5.11. The molecule has 0 bridgehead atoms. The van der Waals surface area contributed by atoms with Gasteiger partial charge in [0.25, 0.3) is 0 Å². The van der Waals surface area contributed by atoms with Gasteiger partial charge in [0, 0.05) is 35.5 Å². The van der Waals surface area contributed by atoms with Crippen molar-refractivity contribution in [1.82, 2.24) is 9.97 Å². The molecular formula is C38H44N2O4. The van der Waals surface area contributed by atoms with Crippen molar-refractivity contribution in [2.45, 2.75) is 78.1 Å². The van der Waals surface area contributed by atoms with E-state index in [2.05, 4.69) is 37.7 Å². The van der Waals surface area contributed by atoms with Crippen LogP contribution in [0.4, 0.5) is 0 Å². The molecule has 1 aromatic heterocycles. The van der Waals surface area contributed by atoms with Crippen molar-refractivity contribution in [2.75, 3.05) is 6.61 Å². The molecule has 0 radical (unpaired) electrons. The van der Waals surface area contributed by atoms with Gasteiger partial charge in [-0.1, -0.05) is 114 Å². The zero-order valence-electron chi connectivity index (χ0n) is 26.4. The Morgan fingerprint density at radius 1 is 0.818 bits per heavy atom. The number of aromatic nitrogens is 2. The van der Waals surface area contributed by atoms with Crippen LogP contribution in [0.1, 0.15) is 87.7 Å². The molecule has 0 spiro atoms. The van der Waals surface area contributed by atoms with Crippen LogP contribution in [0.3, 0.4) is 0 Å². The molecule has 0 saturated carbocycles. The van der Waals surface area contributed by atoms with Crippen LogP contribution < -0.4 is 4.74 Å². The Hall–Kier alpha value is -4.32. The predicted molar refractivity (Wildman–Crippen MR) is 176 cm³/mol. The molecule has 6 nitrogen and oxygen atoms in total. The number of carbonyl (C=O) groups is 2. The van der Waals surface area contributed by atoms with Gasteiger partial charge in [-0.3, -0.25) is 9.59 Å². The molecule has 0 aliphatic heterocycles. The lowest BCUT2D eigenvalue weighted by Crippen LogP contribution is -2.20. The number of ether oxygens (including phenoxy) is 1. The third kappa shape index (κ3) is 9.34. The number of carbonyl (C=O) groups excluding carboxylic acids is 1. The summed E-state index contributed by atoms with van der Waals surface area (Å²) in [7, 11) is 0. The van der Waals surface area contributed by atoms with Crippen molar-refractivity contribution in [3.05, 3.63) is 102 Å². The van der Waals surface area contributed by atoms with Crippen LogP contribution in [-0.2, 0) is 16.6 Å². The summed E-state index contributed by atoms with van der Waals surface area (Å²) in [4.78, 5) is 34.1. The lowest BCUT2D eigenvalue weighted by molar-refractivity contribution is -0.141. The van der Waals surface area contributed by atoms with Crippen molar-refractivity contribution in [3.8, 4) is 28.3 Å². The smallest absolute Gasteiger partial charge is 0.307 e. The normalized spacial score (nSPS) is 12.1. The first-order valence-electron chi connectivity index (χ1n) is 15.6. The number of carboxylic acid groups (broad SMARTS) is 1. The van der Waals surface area contributed by atoms with Gasteiger partial charge in [-0.2, -0.15) is 0 Å². The van der Waals surface area contributed by atoms with Crippen LogP contribution in [0.2, 0.25) is 0 Å². The van der Waals surface area contributed by atoms with Crippen LogP contribution in [0.15, 0.2) is 85.2 Å². The van der Waals surface area contributed by atoms with Crippen molar-refractivity contribution in [3.63, 3.8) is 0 Å².